The van der Waals surface area contributed by atoms with Crippen LogP contribution in [-0.2, 0) is 10.0 Å². The van der Waals surface area contributed by atoms with Gasteiger partial charge in [-0.1, -0.05) is 0 Å². The van der Waals surface area contributed by atoms with Crippen LogP contribution in [0.3, 0.4) is 0 Å². The maximum atomic E-state index is 11.8. The second kappa shape index (κ2) is 4.25. The Morgan fingerprint density at radius 1 is 1.41 bits per heavy atom. The van der Waals surface area contributed by atoms with Crippen LogP contribution in [0.15, 0.2) is 28.0 Å². The molecule has 1 aliphatic rings. The first-order valence-corrected chi connectivity index (χ1v) is 6.75. The quantitative estimate of drug-likeness (QED) is 0.658. The van der Waals surface area contributed by atoms with Crippen molar-refractivity contribution in [1.82, 2.24) is 9.71 Å². The first-order chi connectivity index (χ1) is 7.97. The monoisotopic (exact) mass is 258 g/mol. The number of aromatic nitrogens is 1. The molecule has 2 rings (SSSR count). The summed E-state index contributed by atoms with van der Waals surface area (Å²) >= 11 is 0. The second-order valence-corrected chi connectivity index (χ2v) is 6.14. The highest BCUT2D eigenvalue weighted by atomic mass is 32.2. The molecule has 0 radical (unpaired) electrons. The van der Waals surface area contributed by atoms with Gasteiger partial charge >= 0.3 is 0 Å². The van der Waals surface area contributed by atoms with E-state index in [1.165, 1.54) is 6.07 Å². The van der Waals surface area contributed by atoms with Gasteiger partial charge in [-0.05, 0) is 18.9 Å². The summed E-state index contributed by atoms with van der Waals surface area (Å²) in [6.45, 7) is 0.214. The molecule has 1 aliphatic carbocycles. The fourth-order valence-electron chi connectivity index (χ4n) is 1.46. The largest absolute Gasteiger partial charge is 0.396 e. The van der Waals surface area contributed by atoms with Crippen LogP contribution in [0.5, 0.6) is 0 Å². The third-order valence-corrected chi connectivity index (χ3v) is 4.39. The molecule has 1 aromatic rings. The summed E-state index contributed by atoms with van der Waals surface area (Å²) in [6, 6.07) is 2.41. The minimum atomic E-state index is -3.61. The molecule has 0 aliphatic heterocycles. The van der Waals surface area contributed by atoms with Crippen LogP contribution in [-0.4, -0.2) is 31.7 Å². The lowest BCUT2D eigenvalue weighted by atomic mass is 10.1. The van der Waals surface area contributed by atoms with E-state index < -0.39 is 10.0 Å². The van der Waals surface area contributed by atoms with E-state index in [-0.39, 0.29) is 29.0 Å². The summed E-state index contributed by atoms with van der Waals surface area (Å²) in [7, 11) is -3.61. The van der Waals surface area contributed by atoms with Crippen LogP contribution in [0.25, 0.3) is 0 Å². The minimum absolute atomic E-state index is 0.0128. The van der Waals surface area contributed by atoms with E-state index in [4.69, 9.17) is 5.11 Å². The normalized spacial score (nSPS) is 17.9. The molecule has 1 heterocycles. The molecule has 0 spiro atoms. The van der Waals surface area contributed by atoms with E-state index in [9.17, 15) is 13.2 Å². The maximum Gasteiger partial charge on any atom is 0.247 e. The Morgan fingerprint density at radius 3 is 2.59 bits per heavy atom. The molecule has 0 aromatic carbocycles. The van der Waals surface area contributed by atoms with Gasteiger partial charge in [0.25, 0.3) is 0 Å². The van der Waals surface area contributed by atoms with Crippen LogP contribution in [0.1, 0.15) is 12.8 Å². The van der Waals surface area contributed by atoms with Crippen molar-refractivity contribution in [2.75, 3.05) is 13.2 Å². The van der Waals surface area contributed by atoms with E-state index in [1.807, 2.05) is 0 Å². The van der Waals surface area contributed by atoms with Gasteiger partial charge in [-0.2, -0.15) is 0 Å². The smallest absolute Gasteiger partial charge is 0.247 e. The van der Waals surface area contributed by atoms with Gasteiger partial charge in [0.05, 0.1) is 4.90 Å². The van der Waals surface area contributed by atoms with Crippen LogP contribution in [0.4, 0.5) is 0 Å². The molecule has 1 saturated carbocycles. The number of aliphatic hydroxyl groups is 1. The number of hydrogen-bond donors (Lipinski definition) is 3. The van der Waals surface area contributed by atoms with Gasteiger partial charge in [-0.3, -0.25) is 4.79 Å². The Kier molecular flexibility index (Phi) is 3.07. The molecule has 17 heavy (non-hydrogen) atoms. The van der Waals surface area contributed by atoms with Crippen molar-refractivity contribution in [3.63, 3.8) is 0 Å². The van der Waals surface area contributed by atoms with Crippen molar-refractivity contribution in [3.05, 3.63) is 28.7 Å². The molecule has 0 atom stereocenters. The Hall–Kier alpha value is -1.18. The number of sulfonamides is 1. The molecule has 0 saturated heterocycles. The highest BCUT2D eigenvalue weighted by Gasteiger charge is 2.42. The predicted molar refractivity (Wildman–Crippen MR) is 61.0 cm³/mol. The highest BCUT2D eigenvalue weighted by molar-refractivity contribution is 7.89. The Bertz CT molecular complexity index is 539. The lowest BCUT2D eigenvalue weighted by molar-refractivity contribution is 0.213. The standard InChI is InChI=1S/C10H14N2O4S/c13-7-10(3-4-10)6-12-17(15,16)8-1-2-9(14)11-5-8/h1-2,5,12-13H,3-4,6-7H2,(H,11,14). The van der Waals surface area contributed by atoms with Crippen molar-refractivity contribution in [3.8, 4) is 0 Å². The van der Waals surface area contributed by atoms with Crippen molar-refractivity contribution in [2.24, 2.45) is 5.41 Å². The molecule has 0 amide bonds. The average Bonchev–Trinajstić information content (AvgIpc) is 3.08. The molecule has 7 heteroatoms. The van der Waals surface area contributed by atoms with Gasteiger partial charge in [0.2, 0.25) is 15.6 Å². The van der Waals surface area contributed by atoms with E-state index in [1.54, 1.807) is 0 Å². The average molecular weight is 258 g/mol. The van der Waals surface area contributed by atoms with Crippen LogP contribution < -0.4 is 10.3 Å². The minimum Gasteiger partial charge on any atom is -0.396 e. The first-order valence-electron chi connectivity index (χ1n) is 5.27. The van der Waals surface area contributed by atoms with E-state index in [2.05, 4.69) is 9.71 Å². The molecule has 1 fully saturated rings. The van der Waals surface area contributed by atoms with Crippen molar-refractivity contribution in [2.45, 2.75) is 17.7 Å². The zero-order chi connectivity index (χ0) is 12.5. The summed E-state index contributed by atoms with van der Waals surface area (Å²) < 4.78 is 26.1. The topological polar surface area (TPSA) is 99.3 Å². The molecule has 0 bridgehead atoms. The Morgan fingerprint density at radius 2 is 2.12 bits per heavy atom. The third-order valence-electron chi connectivity index (χ3n) is 3.00. The van der Waals surface area contributed by atoms with Gasteiger partial charge in [0, 0.05) is 30.8 Å². The molecular weight excluding hydrogens is 244 g/mol. The number of pyridine rings is 1. The number of aromatic amines is 1. The summed E-state index contributed by atoms with van der Waals surface area (Å²) in [5.41, 5.74) is -0.632. The number of H-pyrrole nitrogens is 1. The number of nitrogens with one attached hydrogen (secondary N) is 2. The van der Waals surface area contributed by atoms with Gasteiger partial charge in [-0.15, -0.1) is 0 Å². The number of aliphatic hydroxyl groups excluding tert-OH is 1. The van der Waals surface area contributed by atoms with E-state index in [0.29, 0.717) is 0 Å². The van der Waals surface area contributed by atoms with Gasteiger partial charge in [0.1, 0.15) is 0 Å². The van der Waals surface area contributed by atoms with Crippen molar-refractivity contribution >= 4 is 10.0 Å². The first kappa shape index (κ1) is 12.3. The molecule has 3 N–H and O–H groups in total. The van der Waals surface area contributed by atoms with Crippen molar-refractivity contribution in [1.29, 1.82) is 0 Å². The predicted octanol–water partition coefficient (Wildman–Crippen LogP) is -0.574. The highest BCUT2D eigenvalue weighted by Crippen LogP contribution is 2.44. The van der Waals surface area contributed by atoms with E-state index in [0.717, 1.165) is 25.1 Å². The van der Waals surface area contributed by atoms with Crippen LogP contribution in [0, 0.1) is 5.41 Å². The fourth-order valence-corrected chi connectivity index (χ4v) is 2.59. The fraction of sp³-hybridized carbons (Fsp3) is 0.500. The SMILES string of the molecule is O=c1ccc(S(=O)(=O)NCC2(CO)CC2)c[nH]1. The maximum absolute atomic E-state index is 11.8. The van der Waals surface area contributed by atoms with Crippen LogP contribution in [0.2, 0.25) is 0 Å². The number of rotatable bonds is 5. The third kappa shape index (κ3) is 2.74. The lowest BCUT2D eigenvalue weighted by Gasteiger charge is -2.12. The molecule has 6 nitrogen and oxygen atoms in total. The summed E-state index contributed by atoms with van der Waals surface area (Å²) in [4.78, 5) is 13.1. The zero-order valence-electron chi connectivity index (χ0n) is 9.14. The summed E-state index contributed by atoms with van der Waals surface area (Å²) in [6.07, 6.45) is 2.82. The lowest BCUT2D eigenvalue weighted by Crippen LogP contribution is -2.32. The Labute approximate surface area is 98.7 Å². The van der Waals surface area contributed by atoms with Gasteiger partial charge in [0.15, 0.2) is 0 Å². The second-order valence-electron chi connectivity index (χ2n) is 4.37. The van der Waals surface area contributed by atoms with Crippen LogP contribution >= 0.6 is 0 Å². The summed E-state index contributed by atoms with van der Waals surface area (Å²) in [5.74, 6) is 0. The Balaban J connectivity index is 2.09. The zero-order valence-corrected chi connectivity index (χ0v) is 9.96. The molecular formula is C10H14N2O4S. The number of hydrogen-bond acceptors (Lipinski definition) is 4. The van der Waals surface area contributed by atoms with Gasteiger partial charge < -0.3 is 10.1 Å². The molecule has 0 unspecified atom stereocenters. The summed E-state index contributed by atoms with van der Waals surface area (Å²) in [5, 5.41) is 9.08. The molecule has 94 valence electrons. The van der Waals surface area contributed by atoms with Crippen molar-refractivity contribution < 1.29 is 13.5 Å². The van der Waals surface area contributed by atoms with Gasteiger partial charge in [-0.25, -0.2) is 13.1 Å². The van der Waals surface area contributed by atoms with E-state index >= 15 is 0 Å². The molecule has 1 aromatic heterocycles.